The topological polar surface area (TPSA) is 53.4 Å². The Balaban J connectivity index is 0.000000212. The molecule has 1 heterocycles. The fraction of sp³-hybridized carbons (Fsp3) is 0.190. The summed E-state index contributed by atoms with van der Waals surface area (Å²) in [6.07, 6.45) is 3.66. The maximum atomic E-state index is 9.47. The van der Waals surface area contributed by atoms with Gasteiger partial charge in [0.25, 0.3) is 0 Å². The van der Waals surface area contributed by atoms with Crippen LogP contribution in [-0.2, 0) is 0 Å². The molecule has 1 aromatic heterocycles. The molecule has 0 spiro atoms. The molecule has 0 aliphatic carbocycles. The van der Waals surface area contributed by atoms with Crippen LogP contribution in [0.1, 0.15) is 42.3 Å². The van der Waals surface area contributed by atoms with E-state index in [0.717, 1.165) is 11.1 Å². The van der Waals surface area contributed by atoms with Crippen LogP contribution in [0.2, 0.25) is 0 Å². The first-order chi connectivity index (χ1) is 12.1. The summed E-state index contributed by atoms with van der Waals surface area (Å²) in [7, 11) is -1.38. The van der Waals surface area contributed by atoms with Crippen molar-refractivity contribution in [2.45, 2.75) is 25.6 Å². The molecule has 0 saturated heterocycles. The molecule has 0 aliphatic rings. The van der Waals surface area contributed by atoms with Gasteiger partial charge < -0.3 is 10.0 Å². The SMILES string of the molecule is CC(C)c1ccncc1.OB(O)C(c1ccccc1)c1ccccc1. The molecular weight excluding hydrogens is 309 g/mol. The zero-order valence-electron chi connectivity index (χ0n) is 14.7. The second kappa shape index (κ2) is 9.77. The summed E-state index contributed by atoms with van der Waals surface area (Å²) in [5, 5.41) is 18.9. The van der Waals surface area contributed by atoms with Gasteiger partial charge in [-0.1, -0.05) is 74.5 Å². The zero-order valence-corrected chi connectivity index (χ0v) is 14.7. The van der Waals surface area contributed by atoms with E-state index in [1.54, 1.807) is 0 Å². The maximum absolute atomic E-state index is 9.47. The van der Waals surface area contributed by atoms with Gasteiger partial charge in [-0.2, -0.15) is 0 Å². The molecule has 128 valence electrons. The van der Waals surface area contributed by atoms with E-state index in [1.165, 1.54) is 5.56 Å². The van der Waals surface area contributed by atoms with Crippen molar-refractivity contribution in [3.8, 4) is 0 Å². The predicted molar refractivity (Wildman–Crippen MR) is 103 cm³/mol. The van der Waals surface area contributed by atoms with Crippen LogP contribution in [0.3, 0.4) is 0 Å². The molecular formula is C21H24BNO2. The number of aromatic nitrogens is 1. The van der Waals surface area contributed by atoms with Crippen molar-refractivity contribution in [1.29, 1.82) is 0 Å². The van der Waals surface area contributed by atoms with E-state index in [1.807, 2.05) is 85.2 Å². The van der Waals surface area contributed by atoms with Crippen LogP contribution < -0.4 is 0 Å². The van der Waals surface area contributed by atoms with Crippen molar-refractivity contribution in [3.05, 3.63) is 102 Å². The van der Waals surface area contributed by atoms with E-state index in [2.05, 4.69) is 18.8 Å². The van der Waals surface area contributed by atoms with Gasteiger partial charge in [-0.25, -0.2) is 0 Å². The number of nitrogens with zero attached hydrogens (tertiary/aromatic N) is 1. The Morgan fingerprint density at radius 2 is 1.12 bits per heavy atom. The summed E-state index contributed by atoms with van der Waals surface area (Å²) in [5.41, 5.74) is 3.16. The maximum Gasteiger partial charge on any atom is 0.464 e. The highest BCUT2D eigenvalue weighted by Crippen LogP contribution is 2.25. The normalized spacial score (nSPS) is 10.3. The minimum atomic E-state index is -1.38. The van der Waals surface area contributed by atoms with Gasteiger partial charge in [-0.05, 0) is 34.7 Å². The number of pyridine rings is 1. The van der Waals surface area contributed by atoms with Crippen molar-refractivity contribution in [2.24, 2.45) is 0 Å². The lowest BCUT2D eigenvalue weighted by Gasteiger charge is -2.16. The molecule has 3 aromatic rings. The number of hydrogen-bond acceptors (Lipinski definition) is 3. The third-order valence-corrected chi connectivity index (χ3v) is 3.99. The quantitative estimate of drug-likeness (QED) is 0.709. The van der Waals surface area contributed by atoms with Crippen LogP contribution in [0.25, 0.3) is 0 Å². The Morgan fingerprint density at radius 1 is 0.680 bits per heavy atom. The van der Waals surface area contributed by atoms with Crippen LogP contribution in [0, 0.1) is 0 Å². The van der Waals surface area contributed by atoms with E-state index in [4.69, 9.17) is 0 Å². The lowest BCUT2D eigenvalue weighted by Crippen LogP contribution is -2.24. The Morgan fingerprint density at radius 3 is 1.44 bits per heavy atom. The van der Waals surface area contributed by atoms with Crippen molar-refractivity contribution >= 4 is 7.12 Å². The van der Waals surface area contributed by atoms with E-state index in [0.29, 0.717) is 5.92 Å². The fourth-order valence-corrected chi connectivity index (χ4v) is 2.61. The number of hydrogen-bond donors (Lipinski definition) is 2. The van der Waals surface area contributed by atoms with Gasteiger partial charge in [0.2, 0.25) is 0 Å². The first-order valence-electron chi connectivity index (χ1n) is 8.45. The van der Waals surface area contributed by atoms with Gasteiger partial charge in [0.1, 0.15) is 0 Å². The summed E-state index contributed by atoms with van der Waals surface area (Å²) in [6, 6.07) is 23.1. The first-order valence-corrected chi connectivity index (χ1v) is 8.45. The second-order valence-corrected chi connectivity index (χ2v) is 6.15. The molecule has 4 heteroatoms. The standard InChI is InChI=1S/C13H13BO2.C8H11N/c15-14(16)13(11-7-3-1-4-8-11)12-9-5-2-6-10-12;1-7(2)8-3-5-9-6-4-8/h1-10,13,15-16H;3-7H,1-2H3. The molecule has 0 fully saturated rings. The summed E-state index contributed by atoms with van der Waals surface area (Å²) < 4.78 is 0. The molecule has 0 unspecified atom stereocenters. The van der Waals surface area contributed by atoms with Crippen molar-refractivity contribution in [1.82, 2.24) is 4.98 Å². The van der Waals surface area contributed by atoms with Gasteiger partial charge in [0.15, 0.2) is 0 Å². The van der Waals surface area contributed by atoms with Crippen LogP contribution in [0.4, 0.5) is 0 Å². The van der Waals surface area contributed by atoms with Gasteiger partial charge in [-0.15, -0.1) is 0 Å². The third kappa shape index (κ3) is 5.86. The van der Waals surface area contributed by atoms with Crippen molar-refractivity contribution < 1.29 is 10.0 Å². The molecule has 0 radical (unpaired) electrons. The lowest BCUT2D eigenvalue weighted by atomic mass is 9.65. The predicted octanol–water partition coefficient (Wildman–Crippen LogP) is 4.04. The Hall–Kier alpha value is -2.43. The smallest absolute Gasteiger partial charge is 0.426 e. The number of rotatable bonds is 4. The average Bonchev–Trinajstić information content (AvgIpc) is 2.65. The lowest BCUT2D eigenvalue weighted by molar-refractivity contribution is 0.396. The average molecular weight is 333 g/mol. The molecule has 3 nitrogen and oxygen atoms in total. The highest BCUT2D eigenvalue weighted by Gasteiger charge is 2.26. The first kappa shape index (κ1) is 18.9. The largest absolute Gasteiger partial charge is 0.464 e. The summed E-state index contributed by atoms with van der Waals surface area (Å²) in [6.45, 7) is 4.35. The molecule has 0 amide bonds. The fourth-order valence-electron chi connectivity index (χ4n) is 2.61. The van der Waals surface area contributed by atoms with Crippen LogP contribution in [-0.4, -0.2) is 22.2 Å². The van der Waals surface area contributed by atoms with Crippen LogP contribution in [0.5, 0.6) is 0 Å². The van der Waals surface area contributed by atoms with Gasteiger partial charge >= 0.3 is 7.12 Å². The monoisotopic (exact) mass is 333 g/mol. The minimum absolute atomic E-state index is 0.387. The Bertz CT molecular complexity index is 679. The molecule has 25 heavy (non-hydrogen) atoms. The Labute approximate surface area is 150 Å². The minimum Gasteiger partial charge on any atom is -0.426 e. The molecule has 0 atom stereocenters. The molecule has 2 aromatic carbocycles. The van der Waals surface area contributed by atoms with Crippen LogP contribution in [0.15, 0.2) is 85.2 Å². The highest BCUT2D eigenvalue weighted by molar-refractivity contribution is 6.44. The molecule has 2 N–H and O–H groups in total. The second-order valence-electron chi connectivity index (χ2n) is 6.15. The summed E-state index contributed by atoms with van der Waals surface area (Å²) in [5.74, 6) is 0.232. The van der Waals surface area contributed by atoms with E-state index < -0.39 is 7.12 Å². The van der Waals surface area contributed by atoms with Crippen molar-refractivity contribution in [2.75, 3.05) is 0 Å². The highest BCUT2D eigenvalue weighted by atomic mass is 16.4. The van der Waals surface area contributed by atoms with Gasteiger partial charge in [-0.3, -0.25) is 4.98 Å². The molecule has 3 rings (SSSR count). The number of benzene rings is 2. The molecule has 0 aliphatic heterocycles. The van der Waals surface area contributed by atoms with Gasteiger partial charge in [0, 0.05) is 18.2 Å². The molecule has 0 saturated carbocycles. The van der Waals surface area contributed by atoms with Crippen LogP contribution >= 0.6 is 0 Å². The van der Waals surface area contributed by atoms with E-state index >= 15 is 0 Å². The summed E-state index contributed by atoms with van der Waals surface area (Å²) in [4.78, 5) is 3.93. The third-order valence-electron chi connectivity index (χ3n) is 3.99. The van der Waals surface area contributed by atoms with Crippen molar-refractivity contribution in [3.63, 3.8) is 0 Å². The summed E-state index contributed by atoms with van der Waals surface area (Å²) >= 11 is 0. The molecule has 0 bridgehead atoms. The van der Waals surface area contributed by atoms with E-state index in [-0.39, 0.29) is 5.82 Å². The zero-order chi connectivity index (χ0) is 18.1. The van der Waals surface area contributed by atoms with E-state index in [9.17, 15) is 10.0 Å². The Kier molecular flexibility index (Phi) is 7.39. The van der Waals surface area contributed by atoms with Gasteiger partial charge in [0.05, 0.1) is 0 Å².